The molecule has 102 valence electrons. The van der Waals surface area contributed by atoms with Gasteiger partial charge in [0.2, 0.25) is 0 Å². The third-order valence-electron chi connectivity index (χ3n) is 3.52. The molecule has 0 saturated carbocycles. The van der Waals surface area contributed by atoms with Crippen molar-refractivity contribution in [2.45, 2.75) is 25.7 Å². The van der Waals surface area contributed by atoms with Crippen molar-refractivity contribution in [2.75, 3.05) is 5.32 Å². The number of aromatic carboxylic acids is 1. The monoisotopic (exact) mass is 269 g/mol. The molecule has 0 saturated heterocycles. The SMILES string of the molecule is O=C(O)c1ccc(Nc2ncnc3c2CCCC3)cc1. The van der Waals surface area contributed by atoms with Gasteiger partial charge in [0.25, 0.3) is 0 Å². The average molecular weight is 269 g/mol. The maximum atomic E-state index is 10.8. The molecule has 0 atom stereocenters. The van der Waals surface area contributed by atoms with Crippen LogP contribution in [0, 0.1) is 0 Å². The zero-order valence-corrected chi connectivity index (χ0v) is 11.0. The number of hydrogen-bond acceptors (Lipinski definition) is 4. The van der Waals surface area contributed by atoms with Gasteiger partial charge in [-0.3, -0.25) is 0 Å². The number of anilines is 2. The number of carboxylic acid groups (broad SMARTS) is 1. The van der Waals surface area contributed by atoms with Gasteiger partial charge in [-0.1, -0.05) is 0 Å². The molecule has 2 aromatic rings. The van der Waals surface area contributed by atoms with Gasteiger partial charge < -0.3 is 10.4 Å². The first-order valence-corrected chi connectivity index (χ1v) is 6.67. The van der Waals surface area contributed by atoms with E-state index in [1.165, 1.54) is 12.0 Å². The molecule has 5 heteroatoms. The number of aryl methyl sites for hydroxylation is 1. The van der Waals surface area contributed by atoms with E-state index >= 15 is 0 Å². The smallest absolute Gasteiger partial charge is 0.335 e. The normalized spacial score (nSPS) is 13.6. The molecule has 0 aliphatic heterocycles. The first-order valence-electron chi connectivity index (χ1n) is 6.67. The van der Waals surface area contributed by atoms with Crippen LogP contribution >= 0.6 is 0 Å². The summed E-state index contributed by atoms with van der Waals surface area (Å²) in [5.74, 6) is -0.0891. The first-order chi connectivity index (χ1) is 9.74. The van der Waals surface area contributed by atoms with Gasteiger partial charge >= 0.3 is 5.97 Å². The van der Waals surface area contributed by atoms with Gasteiger partial charge in [0.1, 0.15) is 12.1 Å². The van der Waals surface area contributed by atoms with E-state index in [4.69, 9.17) is 5.11 Å². The third-order valence-corrected chi connectivity index (χ3v) is 3.52. The summed E-state index contributed by atoms with van der Waals surface area (Å²) in [5, 5.41) is 12.1. The predicted molar refractivity (Wildman–Crippen MR) is 75.4 cm³/mol. The minimum absolute atomic E-state index is 0.278. The van der Waals surface area contributed by atoms with Crippen LogP contribution in [0.2, 0.25) is 0 Å². The van der Waals surface area contributed by atoms with Gasteiger partial charge in [0.15, 0.2) is 0 Å². The Labute approximate surface area is 116 Å². The number of hydrogen-bond donors (Lipinski definition) is 2. The summed E-state index contributed by atoms with van der Waals surface area (Å²) in [6, 6.07) is 6.66. The van der Waals surface area contributed by atoms with E-state index < -0.39 is 5.97 Å². The second kappa shape index (κ2) is 5.28. The Morgan fingerprint density at radius 3 is 2.60 bits per heavy atom. The molecule has 0 amide bonds. The molecule has 0 unspecified atom stereocenters. The highest BCUT2D eigenvalue weighted by Gasteiger charge is 2.15. The molecule has 1 aliphatic rings. The van der Waals surface area contributed by atoms with Crippen molar-refractivity contribution in [3.05, 3.63) is 47.4 Å². The summed E-state index contributed by atoms with van der Waals surface area (Å²) in [4.78, 5) is 19.5. The highest BCUT2D eigenvalue weighted by Crippen LogP contribution is 2.26. The Hall–Kier alpha value is -2.43. The lowest BCUT2D eigenvalue weighted by Gasteiger charge is -2.18. The van der Waals surface area contributed by atoms with E-state index in [0.29, 0.717) is 0 Å². The van der Waals surface area contributed by atoms with Crippen molar-refractivity contribution in [3.63, 3.8) is 0 Å². The third kappa shape index (κ3) is 2.47. The van der Waals surface area contributed by atoms with Crippen LogP contribution < -0.4 is 5.32 Å². The van der Waals surface area contributed by atoms with Crippen molar-refractivity contribution in [1.82, 2.24) is 9.97 Å². The maximum Gasteiger partial charge on any atom is 0.335 e. The molecule has 1 aromatic heterocycles. The lowest BCUT2D eigenvalue weighted by Crippen LogP contribution is -2.10. The Morgan fingerprint density at radius 2 is 1.85 bits per heavy atom. The lowest BCUT2D eigenvalue weighted by atomic mass is 9.96. The molecule has 0 radical (unpaired) electrons. The second-order valence-corrected chi connectivity index (χ2v) is 4.86. The number of nitrogens with zero attached hydrogens (tertiary/aromatic N) is 2. The predicted octanol–water partition coefficient (Wildman–Crippen LogP) is 2.80. The number of carbonyl (C=O) groups is 1. The number of carboxylic acids is 1. The van der Waals surface area contributed by atoms with Crippen LogP contribution in [0.25, 0.3) is 0 Å². The summed E-state index contributed by atoms with van der Waals surface area (Å²) in [6.07, 6.45) is 5.91. The molecule has 0 fully saturated rings. The van der Waals surface area contributed by atoms with Gasteiger partial charge in [-0.25, -0.2) is 14.8 Å². The van der Waals surface area contributed by atoms with Crippen LogP contribution in [-0.2, 0) is 12.8 Å². The van der Waals surface area contributed by atoms with Crippen LogP contribution in [0.3, 0.4) is 0 Å². The summed E-state index contributed by atoms with van der Waals surface area (Å²) in [5.41, 5.74) is 3.42. The van der Waals surface area contributed by atoms with Gasteiger partial charge in [-0.15, -0.1) is 0 Å². The number of nitrogens with one attached hydrogen (secondary N) is 1. The van der Waals surface area contributed by atoms with Crippen molar-refractivity contribution < 1.29 is 9.90 Å². The number of rotatable bonds is 3. The van der Waals surface area contributed by atoms with Crippen molar-refractivity contribution in [1.29, 1.82) is 0 Å². The molecule has 0 spiro atoms. The molecule has 1 aromatic carbocycles. The summed E-state index contributed by atoms with van der Waals surface area (Å²) >= 11 is 0. The topological polar surface area (TPSA) is 75.1 Å². The maximum absolute atomic E-state index is 10.8. The molecular weight excluding hydrogens is 254 g/mol. The van der Waals surface area contributed by atoms with E-state index in [1.54, 1.807) is 30.6 Å². The largest absolute Gasteiger partial charge is 0.478 e. The molecule has 3 rings (SSSR count). The zero-order valence-electron chi connectivity index (χ0n) is 11.0. The van der Waals surface area contributed by atoms with Gasteiger partial charge in [0, 0.05) is 16.9 Å². The molecule has 5 nitrogen and oxygen atoms in total. The Kier molecular flexibility index (Phi) is 3.33. The van der Waals surface area contributed by atoms with Crippen LogP contribution in [-0.4, -0.2) is 21.0 Å². The van der Waals surface area contributed by atoms with E-state index in [9.17, 15) is 4.79 Å². The fourth-order valence-corrected chi connectivity index (χ4v) is 2.46. The zero-order chi connectivity index (χ0) is 13.9. The second-order valence-electron chi connectivity index (χ2n) is 4.86. The highest BCUT2D eigenvalue weighted by molar-refractivity contribution is 5.88. The summed E-state index contributed by atoms with van der Waals surface area (Å²) in [6.45, 7) is 0. The minimum Gasteiger partial charge on any atom is -0.478 e. The molecule has 1 aliphatic carbocycles. The Balaban J connectivity index is 1.86. The fraction of sp³-hybridized carbons (Fsp3) is 0.267. The standard InChI is InChI=1S/C15H15N3O2/c19-15(20)10-5-7-11(8-6-10)18-14-12-3-1-2-4-13(12)16-9-17-14/h5-9H,1-4H2,(H,19,20)(H,16,17,18). The lowest BCUT2D eigenvalue weighted by molar-refractivity contribution is 0.0697. The van der Waals surface area contributed by atoms with Crippen LogP contribution in [0.15, 0.2) is 30.6 Å². The summed E-state index contributed by atoms with van der Waals surface area (Å²) in [7, 11) is 0. The van der Waals surface area contributed by atoms with Crippen LogP contribution in [0.1, 0.15) is 34.5 Å². The van der Waals surface area contributed by atoms with Crippen molar-refractivity contribution >= 4 is 17.5 Å². The van der Waals surface area contributed by atoms with E-state index in [-0.39, 0.29) is 5.56 Å². The van der Waals surface area contributed by atoms with Crippen LogP contribution in [0.4, 0.5) is 11.5 Å². The molecule has 2 N–H and O–H groups in total. The van der Waals surface area contributed by atoms with E-state index in [2.05, 4.69) is 15.3 Å². The Morgan fingerprint density at radius 1 is 1.10 bits per heavy atom. The van der Waals surface area contributed by atoms with Gasteiger partial charge in [-0.2, -0.15) is 0 Å². The van der Waals surface area contributed by atoms with Gasteiger partial charge in [0.05, 0.1) is 5.56 Å². The van der Waals surface area contributed by atoms with E-state index in [1.807, 2.05) is 0 Å². The molecule has 0 bridgehead atoms. The van der Waals surface area contributed by atoms with Crippen LogP contribution in [0.5, 0.6) is 0 Å². The van der Waals surface area contributed by atoms with Gasteiger partial charge in [-0.05, 0) is 49.9 Å². The number of aromatic nitrogens is 2. The molecular formula is C15H15N3O2. The van der Waals surface area contributed by atoms with Crippen molar-refractivity contribution in [3.8, 4) is 0 Å². The first kappa shape index (κ1) is 12.6. The number of benzene rings is 1. The molecule has 20 heavy (non-hydrogen) atoms. The highest BCUT2D eigenvalue weighted by atomic mass is 16.4. The minimum atomic E-state index is -0.920. The number of fused-ring (bicyclic) bond motifs is 1. The Bertz CT molecular complexity index is 638. The van der Waals surface area contributed by atoms with E-state index in [0.717, 1.165) is 36.5 Å². The van der Waals surface area contributed by atoms with Crippen molar-refractivity contribution in [2.24, 2.45) is 0 Å². The fourth-order valence-electron chi connectivity index (χ4n) is 2.46. The average Bonchev–Trinajstić information content (AvgIpc) is 2.48. The molecule has 1 heterocycles. The summed E-state index contributed by atoms with van der Waals surface area (Å²) < 4.78 is 0. The quantitative estimate of drug-likeness (QED) is 0.896.